The highest BCUT2D eigenvalue weighted by Crippen LogP contribution is 2.26. The highest BCUT2D eigenvalue weighted by Gasteiger charge is 2.25. The molecule has 0 amide bonds. The first-order chi connectivity index (χ1) is 6.77. The maximum absolute atomic E-state index is 11.9. The number of nitrogens with two attached hydrogens (primary N) is 1. The molecule has 2 rings (SSSR count). The number of rotatable bonds is 2. The lowest BCUT2D eigenvalue weighted by molar-refractivity contribution is 0.0885. The molecule has 1 aliphatic carbocycles. The number of hydrogen-bond donors (Lipinski definition) is 2. The molecule has 1 heterocycles. The van der Waals surface area contributed by atoms with Crippen molar-refractivity contribution in [1.29, 1.82) is 0 Å². The first kappa shape index (κ1) is 9.46. The number of H-pyrrole nitrogens is 1. The molecule has 0 aromatic carbocycles. The van der Waals surface area contributed by atoms with Crippen molar-refractivity contribution in [3.63, 3.8) is 0 Å². The Morgan fingerprint density at radius 2 is 2.07 bits per heavy atom. The lowest BCUT2D eigenvalue weighted by Gasteiger charge is -2.24. The van der Waals surface area contributed by atoms with Gasteiger partial charge in [0.15, 0.2) is 5.78 Å². The molecule has 1 aromatic heterocycles. The molecular formula is C11H16N2O. The molecule has 0 aliphatic heterocycles. The highest BCUT2D eigenvalue weighted by atomic mass is 16.1. The molecule has 1 aromatic rings. The van der Waals surface area contributed by atoms with E-state index < -0.39 is 0 Å². The summed E-state index contributed by atoms with van der Waals surface area (Å²) in [5.41, 5.74) is 6.61. The van der Waals surface area contributed by atoms with E-state index in [-0.39, 0.29) is 11.7 Å². The molecule has 0 radical (unpaired) electrons. The molecule has 1 saturated carbocycles. The topological polar surface area (TPSA) is 58.9 Å². The van der Waals surface area contributed by atoms with Crippen LogP contribution in [0.25, 0.3) is 0 Å². The largest absolute Gasteiger partial charge is 0.367 e. The van der Waals surface area contributed by atoms with Crippen LogP contribution in [0.4, 0.5) is 0 Å². The molecule has 3 nitrogen and oxygen atoms in total. The van der Waals surface area contributed by atoms with Crippen molar-refractivity contribution in [2.45, 2.75) is 31.7 Å². The molecule has 1 fully saturated rings. The Morgan fingerprint density at radius 1 is 1.36 bits per heavy atom. The van der Waals surface area contributed by atoms with Gasteiger partial charge in [0.05, 0.1) is 0 Å². The quantitative estimate of drug-likeness (QED) is 0.701. The second kappa shape index (κ2) is 3.96. The van der Waals surface area contributed by atoms with E-state index in [1.54, 1.807) is 12.4 Å². The van der Waals surface area contributed by atoms with Gasteiger partial charge in [0, 0.05) is 29.9 Å². The van der Waals surface area contributed by atoms with Gasteiger partial charge in [-0.05, 0) is 31.7 Å². The Labute approximate surface area is 83.7 Å². The van der Waals surface area contributed by atoms with Gasteiger partial charge in [0.1, 0.15) is 0 Å². The van der Waals surface area contributed by atoms with Gasteiger partial charge in [-0.1, -0.05) is 0 Å². The maximum atomic E-state index is 11.9. The molecule has 0 unspecified atom stereocenters. The van der Waals surface area contributed by atoms with Crippen LogP contribution in [0.15, 0.2) is 18.5 Å². The Balaban J connectivity index is 1.99. The van der Waals surface area contributed by atoms with Gasteiger partial charge in [0.25, 0.3) is 0 Å². The van der Waals surface area contributed by atoms with E-state index in [9.17, 15) is 4.79 Å². The number of nitrogens with one attached hydrogen (secondary N) is 1. The summed E-state index contributed by atoms with van der Waals surface area (Å²) >= 11 is 0. The predicted octanol–water partition coefficient (Wildman–Crippen LogP) is 1.71. The summed E-state index contributed by atoms with van der Waals surface area (Å²) in [6, 6.07) is 2.15. The van der Waals surface area contributed by atoms with E-state index in [0.29, 0.717) is 6.04 Å². The van der Waals surface area contributed by atoms with Gasteiger partial charge in [-0.3, -0.25) is 4.79 Å². The fraction of sp³-hybridized carbons (Fsp3) is 0.545. The van der Waals surface area contributed by atoms with Crippen molar-refractivity contribution in [2.24, 2.45) is 11.7 Å². The van der Waals surface area contributed by atoms with Crippen LogP contribution in [0.5, 0.6) is 0 Å². The zero-order chi connectivity index (χ0) is 9.97. The van der Waals surface area contributed by atoms with Crippen LogP contribution in [-0.4, -0.2) is 16.8 Å². The molecule has 0 atom stereocenters. The van der Waals surface area contributed by atoms with Crippen LogP contribution in [-0.2, 0) is 0 Å². The van der Waals surface area contributed by atoms with Gasteiger partial charge in [-0.15, -0.1) is 0 Å². The third-order valence-corrected chi connectivity index (χ3v) is 3.03. The molecule has 1 aliphatic rings. The first-order valence-corrected chi connectivity index (χ1v) is 5.20. The highest BCUT2D eigenvalue weighted by molar-refractivity contribution is 5.97. The number of aromatic nitrogens is 1. The maximum Gasteiger partial charge on any atom is 0.167 e. The predicted molar refractivity (Wildman–Crippen MR) is 55.1 cm³/mol. The molecule has 3 N–H and O–H groups in total. The monoisotopic (exact) mass is 192 g/mol. The third-order valence-electron chi connectivity index (χ3n) is 3.03. The fourth-order valence-corrected chi connectivity index (χ4v) is 2.09. The van der Waals surface area contributed by atoms with Crippen LogP contribution in [0, 0.1) is 5.92 Å². The summed E-state index contributed by atoms with van der Waals surface area (Å²) in [6.45, 7) is 0. The number of carbonyl (C=O) groups is 1. The SMILES string of the molecule is NC1CCC(C(=O)c2cc[nH]c2)CC1. The molecule has 3 heteroatoms. The van der Waals surface area contributed by atoms with E-state index in [1.807, 2.05) is 6.07 Å². The standard InChI is InChI=1S/C11H16N2O/c12-10-3-1-8(2-4-10)11(14)9-5-6-13-7-9/h5-8,10,13H,1-4,12H2. The molecule has 0 bridgehead atoms. The summed E-state index contributed by atoms with van der Waals surface area (Å²) < 4.78 is 0. The van der Waals surface area contributed by atoms with Crippen molar-refractivity contribution in [1.82, 2.24) is 4.98 Å². The number of hydrogen-bond acceptors (Lipinski definition) is 2. The summed E-state index contributed by atoms with van der Waals surface area (Å²) in [7, 11) is 0. The normalized spacial score (nSPS) is 27.5. The minimum absolute atomic E-state index is 0.200. The molecule has 0 spiro atoms. The van der Waals surface area contributed by atoms with Gasteiger partial charge in [-0.25, -0.2) is 0 Å². The van der Waals surface area contributed by atoms with Crippen LogP contribution in [0.3, 0.4) is 0 Å². The van der Waals surface area contributed by atoms with Crippen LogP contribution < -0.4 is 5.73 Å². The van der Waals surface area contributed by atoms with Crippen LogP contribution in [0.2, 0.25) is 0 Å². The first-order valence-electron chi connectivity index (χ1n) is 5.20. The van der Waals surface area contributed by atoms with E-state index in [0.717, 1.165) is 31.2 Å². The van der Waals surface area contributed by atoms with Crippen molar-refractivity contribution in [3.05, 3.63) is 24.0 Å². The van der Waals surface area contributed by atoms with Gasteiger partial charge in [0.2, 0.25) is 0 Å². The van der Waals surface area contributed by atoms with E-state index in [4.69, 9.17) is 5.73 Å². The fourth-order valence-electron chi connectivity index (χ4n) is 2.09. The van der Waals surface area contributed by atoms with Gasteiger partial charge >= 0.3 is 0 Å². The third kappa shape index (κ3) is 1.87. The number of ketones is 1. The van der Waals surface area contributed by atoms with Crippen molar-refractivity contribution in [3.8, 4) is 0 Å². The van der Waals surface area contributed by atoms with Gasteiger partial charge in [-0.2, -0.15) is 0 Å². The van der Waals surface area contributed by atoms with E-state index >= 15 is 0 Å². The lowest BCUT2D eigenvalue weighted by Crippen LogP contribution is -2.29. The smallest absolute Gasteiger partial charge is 0.167 e. The average molecular weight is 192 g/mol. The summed E-state index contributed by atoms with van der Waals surface area (Å²) in [5.74, 6) is 0.476. The Morgan fingerprint density at radius 3 is 2.64 bits per heavy atom. The summed E-state index contributed by atoms with van der Waals surface area (Å²) in [5, 5.41) is 0. The Bertz CT molecular complexity index is 297. The average Bonchev–Trinajstić information content (AvgIpc) is 2.71. The summed E-state index contributed by atoms with van der Waals surface area (Å²) in [6.07, 6.45) is 7.44. The van der Waals surface area contributed by atoms with E-state index in [2.05, 4.69) is 4.98 Å². The minimum Gasteiger partial charge on any atom is -0.367 e. The van der Waals surface area contributed by atoms with Crippen LogP contribution >= 0.6 is 0 Å². The second-order valence-electron chi connectivity index (χ2n) is 4.08. The van der Waals surface area contributed by atoms with Crippen LogP contribution in [0.1, 0.15) is 36.0 Å². The minimum atomic E-state index is 0.200. The second-order valence-corrected chi connectivity index (χ2v) is 4.08. The Kier molecular flexibility index (Phi) is 2.68. The molecule has 0 saturated heterocycles. The number of aromatic amines is 1. The zero-order valence-corrected chi connectivity index (χ0v) is 8.20. The molecule has 76 valence electrons. The van der Waals surface area contributed by atoms with Crippen molar-refractivity contribution < 1.29 is 4.79 Å². The number of Topliss-reactive ketones (excluding diaryl/α,β-unsaturated/α-hetero) is 1. The lowest BCUT2D eigenvalue weighted by atomic mass is 9.82. The van der Waals surface area contributed by atoms with Crippen molar-refractivity contribution >= 4 is 5.78 Å². The van der Waals surface area contributed by atoms with E-state index in [1.165, 1.54) is 0 Å². The molecule has 14 heavy (non-hydrogen) atoms. The van der Waals surface area contributed by atoms with Crippen molar-refractivity contribution in [2.75, 3.05) is 0 Å². The Hall–Kier alpha value is -1.09. The molecular weight excluding hydrogens is 176 g/mol. The van der Waals surface area contributed by atoms with Gasteiger partial charge < -0.3 is 10.7 Å². The number of carbonyl (C=O) groups excluding carboxylic acids is 1. The zero-order valence-electron chi connectivity index (χ0n) is 8.20. The summed E-state index contributed by atoms with van der Waals surface area (Å²) in [4.78, 5) is 14.8.